The molecule has 0 aromatic heterocycles. The summed E-state index contributed by atoms with van der Waals surface area (Å²) in [6.45, 7) is 9.06. The molecule has 0 bridgehead atoms. The van der Waals surface area contributed by atoms with Gasteiger partial charge < -0.3 is 9.47 Å². The zero-order chi connectivity index (χ0) is 13.9. The lowest BCUT2D eigenvalue weighted by molar-refractivity contribution is -0.146. The third kappa shape index (κ3) is 3.24. The summed E-state index contributed by atoms with van der Waals surface area (Å²) in [5, 5.41) is 0. The van der Waals surface area contributed by atoms with Gasteiger partial charge in [-0.15, -0.1) is 6.58 Å². The Hall–Kier alpha value is -1.52. The van der Waals surface area contributed by atoms with E-state index in [0.29, 0.717) is 12.8 Å². The molecule has 0 radical (unpaired) electrons. The van der Waals surface area contributed by atoms with Crippen molar-refractivity contribution in [3.63, 3.8) is 0 Å². The number of amides is 1. The maximum atomic E-state index is 12.1. The van der Waals surface area contributed by atoms with Gasteiger partial charge in [0.15, 0.2) is 0 Å². The van der Waals surface area contributed by atoms with Crippen LogP contribution in [0.25, 0.3) is 0 Å². The van der Waals surface area contributed by atoms with Gasteiger partial charge in [-0.05, 0) is 33.6 Å². The number of carbonyl (C=O) groups excluding carboxylic acids is 2. The molecule has 1 heterocycles. The van der Waals surface area contributed by atoms with Crippen LogP contribution in [0, 0.1) is 0 Å². The first-order valence-corrected chi connectivity index (χ1v) is 6.02. The third-order valence-corrected chi connectivity index (χ3v) is 2.78. The van der Waals surface area contributed by atoms with Crippen molar-refractivity contribution >= 4 is 12.1 Å². The van der Waals surface area contributed by atoms with Crippen LogP contribution in [-0.2, 0) is 14.3 Å². The SMILES string of the molecule is C=C[C@H]1CC[C@H](C(=O)OC)N1C(=O)OC(C)(C)C. The third-order valence-electron chi connectivity index (χ3n) is 2.78. The summed E-state index contributed by atoms with van der Waals surface area (Å²) in [5.41, 5.74) is -0.591. The van der Waals surface area contributed by atoms with Gasteiger partial charge in [-0.1, -0.05) is 6.08 Å². The van der Waals surface area contributed by atoms with Crippen molar-refractivity contribution in [3.05, 3.63) is 12.7 Å². The molecule has 5 heteroatoms. The summed E-state index contributed by atoms with van der Waals surface area (Å²) >= 11 is 0. The summed E-state index contributed by atoms with van der Waals surface area (Å²) in [7, 11) is 1.32. The molecule has 1 fully saturated rings. The number of methoxy groups -OCH3 is 1. The summed E-state index contributed by atoms with van der Waals surface area (Å²) < 4.78 is 10.0. The number of rotatable bonds is 2. The Balaban J connectivity index is 2.87. The molecular weight excluding hydrogens is 234 g/mol. The minimum atomic E-state index is -0.591. The summed E-state index contributed by atoms with van der Waals surface area (Å²) in [6, 6.07) is -0.753. The zero-order valence-electron chi connectivity index (χ0n) is 11.4. The molecule has 5 nitrogen and oxygen atoms in total. The van der Waals surface area contributed by atoms with Gasteiger partial charge in [-0.25, -0.2) is 9.59 Å². The van der Waals surface area contributed by atoms with Crippen LogP contribution in [0.3, 0.4) is 0 Å². The normalized spacial score (nSPS) is 23.7. The standard InChI is InChI=1S/C13H21NO4/c1-6-9-7-8-10(11(15)17-5)14(9)12(16)18-13(2,3)4/h6,9-10H,1,7-8H2,2-5H3/t9-,10+/m0/s1. The van der Waals surface area contributed by atoms with Gasteiger partial charge in [0.05, 0.1) is 13.2 Å². The predicted molar refractivity (Wildman–Crippen MR) is 67.1 cm³/mol. The van der Waals surface area contributed by atoms with E-state index in [1.807, 2.05) is 0 Å². The zero-order valence-corrected chi connectivity index (χ0v) is 11.4. The van der Waals surface area contributed by atoms with Crippen molar-refractivity contribution in [2.45, 2.75) is 51.3 Å². The number of likely N-dealkylation sites (tertiary alicyclic amines) is 1. The molecule has 0 N–H and O–H groups in total. The second-order valence-electron chi connectivity index (χ2n) is 5.31. The summed E-state index contributed by atoms with van der Waals surface area (Å²) in [5.74, 6) is -0.412. The number of esters is 1. The molecular formula is C13H21NO4. The largest absolute Gasteiger partial charge is 0.467 e. The van der Waals surface area contributed by atoms with Crippen LogP contribution in [-0.4, -0.2) is 41.8 Å². The molecule has 0 aromatic carbocycles. The molecule has 0 aliphatic carbocycles. The first kappa shape index (κ1) is 14.5. The summed E-state index contributed by atoms with van der Waals surface area (Å²) in [6.07, 6.45) is 2.43. The Kier molecular flexibility index (Phi) is 4.38. The molecule has 1 aliphatic rings. The number of hydrogen-bond donors (Lipinski definition) is 0. The highest BCUT2D eigenvalue weighted by molar-refractivity contribution is 5.82. The van der Waals surface area contributed by atoms with Crippen molar-refractivity contribution in [2.75, 3.05) is 7.11 Å². The molecule has 1 saturated heterocycles. The second kappa shape index (κ2) is 5.42. The van der Waals surface area contributed by atoms with Crippen LogP contribution in [0.4, 0.5) is 4.79 Å². The van der Waals surface area contributed by atoms with Gasteiger partial charge in [0, 0.05) is 0 Å². The van der Waals surface area contributed by atoms with Crippen LogP contribution in [0.15, 0.2) is 12.7 Å². The summed E-state index contributed by atoms with van der Waals surface area (Å²) in [4.78, 5) is 25.2. The molecule has 18 heavy (non-hydrogen) atoms. The predicted octanol–water partition coefficient (Wildman–Crippen LogP) is 2.11. The molecule has 0 spiro atoms. The molecule has 1 rings (SSSR count). The van der Waals surface area contributed by atoms with E-state index in [4.69, 9.17) is 9.47 Å². The highest BCUT2D eigenvalue weighted by Crippen LogP contribution is 2.27. The Morgan fingerprint density at radius 3 is 2.39 bits per heavy atom. The maximum Gasteiger partial charge on any atom is 0.411 e. The van der Waals surface area contributed by atoms with Gasteiger partial charge in [-0.3, -0.25) is 4.90 Å². The number of carbonyl (C=O) groups is 2. The minimum absolute atomic E-state index is 0.177. The van der Waals surface area contributed by atoms with E-state index >= 15 is 0 Å². The Morgan fingerprint density at radius 2 is 1.94 bits per heavy atom. The van der Waals surface area contributed by atoms with Crippen LogP contribution in [0.1, 0.15) is 33.6 Å². The molecule has 2 atom stereocenters. The van der Waals surface area contributed by atoms with E-state index in [2.05, 4.69) is 6.58 Å². The molecule has 0 saturated carbocycles. The average molecular weight is 255 g/mol. The van der Waals surface area contributed by atoms with E-state index in [0.717, 1.165) is 0 Å². The molecule has 0 aromatic rings. The molecule has 0 unspecified atom stereocenters. The first-order chi connectivity index (χ1) is 8.30. The lowest BCUT2D eigenvalue weighted by Gasteiger charge is -2.30. The van der Waals surface area contributed by atoms with E-state index in [-0.39, 0.29) is 6.04 Å². The lowest BCUT2D eigenvalue weighted by Crippen LogP contribution is -2.47. The van der Waals surface area contributed by atoms with Crippen LogP contribution < -0.4 is 0 Å². The maximum absolute atomic E-state index is 12.1. The molecule has 1 aliphatic heterocycles. The molecule has 102 valence electrons. The fourth-order valence-corrected chi connectivity index (χ4v) is 2.01. The van der Waals surface area contributed by atoms with Crippen LogP contribution >= 0.6 is 0 Å². The van der Waals surface area contributed by atoms with Crippen molar-refractivity contribution in [3.8, 4) is 0 Å². The van der Waals surface area contributed by atoms with E-state index in [1.165, 1.54) is 12.0 Å². The van der Waals surface area contributed by atoms with Crippen molar-refractivity contribution in [2.24, 2.45) is 0 Å². The van der Waals surface area contributed by atoms with Crippen LogP contribution in [0.2, 0.25) is 0 Å². The Labute approximate surface area is 108 Å². The van der Waals surface area contributed by atoms with Crippen molar-refractivity contribution in [1.29, 1.82) is 0 Å². The topological polar surface area (TPSA) is 55.8 Å². The van der Waals surface area contributed by atoms with Crippen molar-refractivity contribution in [1.82, 2.24) is 4.90 Å². The van der Waals surface area contributed by atoms with Crippen LogP contribution in [0.5, 0.6) is 0 Å². The first-order valence-electron chi connectivity index (χ1n) is 6.02. The van der Waals surface area contributed by atoms with E-state index < -0.39 is 23.7 Å². The monoisotopic (exact) mass is 255 g/mol. The highest BCUT2D eigenvalue weighted by atomic mass is 16.6. The average Bonchev–Trinajstić information content (AvgIpc) is 2.69. The van der Waals surface area contributed by atoms with Gasteiger partial charge >= 0.3 is 12.1 Å². The molecule has 1 amide bonds. The van der Waals surface area contributed by atoms with Gasteiger partial charge in [0.25, 0.3) is 0 Å². The number of nitrogens with zero attached hydrogens (tertiary/aromatic N) is 1. The quantitative estimate of drug-likeness (QED) is 0.560. The van der Waals surface area contributed by atoms with Crippen molar-refractivity contribution < 1.29 is 19.1 Å². The van der Waals surface area contributed by atoms with Gasteiger partial charge in [0.1, 0.15) is 11.6 Å². The van der Waals surface area contributed by atoms with E-state index in [9.17, 15) is 9.59 Å². The number of hydrogen-bond acceptors (Lipinski definition) is 4. The number of ether oxygens (including phenoxy) is 2. The van der Waals surface area contributed by atoms with Gasteiger partial charge in [-0.2, -0.15) is 0 Å². The van der Waals surface area contributed by atoms with Gasteiger partial charge in [0.2, 0.25) is 0 Å². The minimum Gasteiger partial charge on any atom is -0.467 e. The Bertz CT molecular complexity index is 345. The fraction of sp³-hybridized carbons (Fsp3) is 0.692. The lowest BCUT2D eigenvalue weighted by atomic mass is 10.2. The van der Waals surface area contributed by atoms with E-state index in [1.54, 1.807) is 26.8 Å². The second-order valence-corrected chi connectivity index (χ2v) is 5.31. The Morgan fingerprint density at radius 1 is 1.33 bits per heavy atom. The highest BCUT2D eigenvalue weighted by Gasteiger charge is 2.42. The smallest absolute Gasteiger partial charge is 0.411 e. The fourth-order valence-electron chi connectivity index (χ4n) is 2.01.